The van der Waals surface area contributed by atoms with Crippen LogP contribution in [0.2, 0.25) is 0 Å². The Hall–Kier alpha value is -2.62. The number of H-pyrrole nitrogens is 1. The van der Waals surface area contributed by atoms with Gasteiger partial charge in [-0.15, -0.1) is 0 Å². The average Bonchev–Trinajstić information content (AvgIpc) is 2.97. The molecule has 2 aromatic heterocycles. The summed E-state index contributed by atoms with van der Waals surface area (Å²) in [6.07, 6.45) is 6.11. The van der Waals surface area contributed by atoms with E-state index in [4.69, 9.17) is 0 Å². The monoisotopic (exact) mass is 279 g/mol. The molecule has 0 aliphatic carbocycles. The van der Waals surface area contributed by atoms with Gasteiger partial charge in [0.05, 0.1) is 17.3 Å². The Morgan fingerprint density at radius 2 is 2.14 bits per heavy atom. The third kappa shape index (κ3) is 2.52. The first-order valence-electron chi connectivity index (χ1n) is 7.01. The summed E-state index contributed by atoms with van der Waals surface area (Å²) < 4.78 is 0. The third-order valence-corrected chi connectivity index (χ3v) is 3.67. The van der Waals surface area contributed by atoms with Crippen molar-refractivity contribution >= 4 is 22.5 Å². The number of carbonyl (C=O) groups is 1. The first kappa shape index (κ1) is 13.4. The van der Waals surface area contributed by atoms with Gasteiger partial charge >= 0.3 is 0 Å². The molecule has 0 atom stereocenters. The van der Waals surface area contributed by atoms with Crippen molar-refractivity contribution in [3.8, 4) is 0 Å². The number of amides is 1. The second-order valence-corrected chi connectivity index (χ2v) is 5.08. The van der Waals surface area contributed by atoms with Gasteiger partial charge in [-0.05, 0) is 36.6 Å². The minimum atomic E-state index is -0.139. The van der Waals surface area contributed by atoms with Crippen LogP contribution in [0.25, 0.3) is 10.9 Å². The number of anilines is 1. The van der Waals surface area contributed by atoms with E-state index in [1.807, 2.05) is 31.3 Å². The molecule has 0 radical (unpaired) electrons. The van der Waals surface area contributed by atoms with Crippen LogP contribution in [0.5, 0.6) is 0 Å². The van der Waals surface area contributed by atoms with Crippen LogP contribution >= 0.6 is 0 Å². The summed E-state index contributed by atoms with van der Waals surface area (Å²) in [5.41, 5.74) is 4.61. The van der Waals surface area contributed by atoms with Gasteiger partial charge in [0.25, 0.3) is 5.91 Å². The Labute approximate surface area is 123 Å². The number of nitrogens with zero attached hydrogens (tertiary/aromatic N) is 1. The largest absolute Gasteiger partial charge is 0.360 e. The number of rotatable bonds is 3. The lowest BCUT2D eigenvalue weighted by Gasteiger charge is -2.10. The second-order valence-electron chi connectivity index (χ2n) is 5.08. The standard InChI is InChI=1S/C17H17N3O/c1-3-12-4-5-15(11(2)8-12)20-17(21)14-9-18-10-16-13(14)6-7-19-16/h4-10,19H,3H2,1-2H3,(H,20,21). The molecule has 0 bridgehead atoms. The summed E-state index contributed by atoms with van der Waals surface area (Å²) in [6, 6.07) is 7.98. The molecule has 0 fully saturated rings. The molecule has 0 saturated heterocycles. The van der Waals surface area contributed by atoms with Gasteiger partial charge in [-0.1, -0.05) is 19.1 Å². The Bertz CT molecular complexity index is 805. The smallest absolute Gasteiger partial charge is 0.257 e. The highest BCUT2D eigenvalue weighted by molar-refractivity contribution is 6.12. The number of hydrogen-bond acceptors (Lipinski definition) is 2. The maximum atomic E-state index is 12.5. The molecule has 0 saturated carbocycles. The van der Waals surface area contributed by atoms with E-state index in [2.05, 4.69) is 28.3 Å². The van der Waals surface area contributed by atoms with E-state index in [-0.39, 0.29) is 5.91 Å². The Morgan fingerprint density at radius 3 is 2.90 bits per heavy atom. The highest BCUT2D eigenvalue weighted by Gasteiger charge is 2.12. The zero-order valence-corrected chi connectivity index (χ0v) is 12.1. The van der Waals surface area contributed by atoms with Gasteiger partial charge in [-0.3, -0.25) is 9.78 Å². The van der Waals surface area contributed by atoms with Crippen LogP contribution in [-0.2, 0) is 6.42 Å². The minimum absolute atomic E-state index is 0.139. The lowest BCUT2D eigenvalue weighted by atomic mass is 10.1. The molecule has 106 valence electrons. The van der Waals surface area contributed by atoms with Crippen LogP contribution in [0.4, 0.5) is 5.69 Å². The van der Waals surface area contributed by atoms with Gasteiger partial charge in [0.15, 0.2) is 0 Å². The molecule has 0 aliphatic rings. The molecule has 1 aromatic carbocycles. The van der Waals surface area contributed by atoms with Crippen molar-refractivity contribution in [1.29, 1.82) is 0 Å². The number of fused-ring (bicyclic) bond motifs is 1. The number of nitrogens with one attached hydrogen (secondary N) is 2. The van der Waals surface area contributed by atoms with Crippen LogP contribution in [0.1, 0.15) is 28.4 Å². The molecule has 2 heterocycles. The molecule has 3 aromatic rings. The normalized spacial score (nSPS) is 10.8. The van der Waals surface area contributed by atoms with Gasteiger partial charge in [0.1, 0.15) is 0 Å². The number of carbonyl (C=O) groups excluding carboxylic acids is 1. The predicted octanol–water partition coefficient (Wildman–Crippen LogP) is 3.69. The number of aromatic amines is 1. The zero-order chi connectivity index (χ0) is 14.8. The van der Waals surface area contributed by atoms with E-state index in [1.165, 1.54) is 5.56 Å². The van der Waals surface area contributed by atoms with Crippen molar-refractivity contribution < 1.29 is 4.79 Å². The predicted molar refractivity (Wildman–Crippen MR) is 84.6 cm³/mol. The highest BCUT2D eigenvalue weighted by Crippen LogP contribution is 2.20. The van der Waals surface area contributed by atoms with Gasteiger partial charge in [0, 0.05) is 23.5 Å². The fourth-order valence-electron chi connectivity index (χ4n) is 2.44. The van der Waals surface area contributed by atoms with Crippen molar-refractivity contribution in [2.75, 3.05) is 5.32 Å². The van der Waals surface area contributed by atoms with E-state index in [0.717, 1.165) is 28.6 Å². The quantitative estimate of drug-likeness (QED) is 0.768. The Morgan fingerprint density at radius 1 is 1.29 bits per heavy atom. The molecule has 3 rings (SSSR count). The van der Waals surface area contributed by atoms with Crippen molar-refractivity contribution in [1.82, 2.24) is 9.97 Å². The number of benzene rings is 1. The first-order chi connectivity index (χ1) is 10.2. The summed E-state index contributed by atoms with van der Waals surface area (Å²) in [5, 5.41) is 3.85. The molecule has 0 spiro atoms. The SMILES string of the molecule is CCc1ccc(NC(=O)c2cncc3[nH]ccc23)c(C)c1. The van der Waals surface area contributed by atoms with Crippen LogP contribution in [0, 0.1) is 6.92 Å². The molecule has 4 heteroatoms. The lowest BCUT2D eigenvalue weighted by molar-refractivity contribution is 0.102. The van der Waals surface area contributed by atoms with Crippen molar-refractivity contribution in [3.63, 3.8) is 0 Å². The van der Waals surface area contributed by atoms with E-state index < -0.39 is 0 Å². The number of aryl methyl sites for hydroxylation is 2. The summed E-state index contributed by atoms with van der Waals surface area (Å²) in [4.78, 5) is 19.6. The van der Waals surface area contributed by atoms with Crippen molar-refractivity contribution in [3.05, 3.63) is 59.5 Å². The minimum Gasteiger partial charge on any atom is -0.360 e. The van der Waals surface area contributed by atoms with Crippen molar-refractivity contribution in [2.24, 2.45) is 0 Å². The molecule has 4 nitrogen and oxygen atoms in total. The van der Waals surface area contributed by atoms with Gasteiger partial charge < -0.3 is 10.3 Å². The van der Waals surface area contributed by atoms with E-state index >= 15 is 0 Å². The van der Waals surface area contributed by atoms with Gasteiger partial charge in [-0.25, -0.2) is 0 Å². The number of aromatic nitrogens is 2. The summed E-state index contributed by atoms with van der Waals surface area (Å²) in [5.74, 6) is -0.139. The lowest BCUT2D eigenvalue weighted by Crippen LogP contribution is -2.13. The van der Waals surface area contributed by atoms with E-state index in [1.54, 1.807) is 12.4 Å². The third-order valence-electron chi connectivity index (χ3n) is 3.67. The van der Waals surface area contributed by atoms with Crippen LogP contribution in [0.15, 0.2) is 42.9 Å². The first-order valence-corrected chi connectivity index (χ1v) is 7.01. The topological polar surface area (TPSA) is 57.8 Å². The van der Waals surface area contributed by atoms with Crippen LogP contribution < -0.4 is 5.32 Å². The average molecular weight is 279 g/mol. The second kappa shape index (κ2) is 5.40. The number of pyridine rings is 1. The molecule has 21 heavy (non-hydrogen) atoms. The molecule has 1 amide bonds. The van der Waals surface area contributed by atoms with Gasteiger partial charge in [0.2, 0.25) is 0 Å². The fraction of sp³-hybridized carbons (Fsp3) is 0.176. The fourth-order valence-corrected chi connectivity index (χ4v) is 2.44. The summed E-state index contributed by atoms with van der Waals surface area (Å²) in [7, 11) is 0. The molecule has 2 N–H and O–H groups in total. The maximum Gasteiger partial charge on any atom is 0.257 e. The van der Waals surface area contributed by atoms with E-state index in [0.29, 0.717) is 5.56 Å². The number of hydrogen-bond donors (Lipinski definition) is 2. The molecular formula is C17H17N3O. The van der Waals surface area contributed by atoms with E-state index in [9.17, 15) is 4.79 Å². The van der Waals surface area contributed by atoms with Crippen LogP contribution in [0.3, 0.4) is 0 Å². The molecular weight excluding hydrogens is 262 g/mol. The Kier molecular flexibility index (Phi) is 3.44. The highest BCUT2D eigenvalue weighted by atomic mass is 16.1. The van der Waals surface area contributed by atoms with Crippen molar-refractivity contribution in [2.45, 2.75) is 20.3 Å². The summed E-state index contributed by atoms with van der Waals surface area (Å²) >= 11 is 0. The van der Waals surface area contributed by atoms with Crippen LogP contribution in [-0.4, -0.2) is 15.9 Å². The zero-order valence-electron chi connectivity index (χ0n) is 12.1. The summed E-state index contributed by atoms with van der Waals surface area (Å²) in [6.45, 7) is 4.12. The van der Waals surface area contributed by atoms with Gasteiger partial charge in [-0.2, -0.15) is 0 Å². The Balaban J connectivity index is 1.91. The molecule has 0 unspecified atom stereocenters. The molecule has 0 aliphatic heterocycles. The maximum absolute atomic E-state index is 12.5.